The van der Waals surface area contributed by atoms with Gasteiger partial charge >= 0.3 is 0 Å². The predicted molar refractivity (Wildman–Crippen MR) is 81.7 cm³/mol. The summed E-state index contributed by atoms with van der Waals surface area (Å²) in [6.07, 6.45) is 1.57. The second-order valence-corrected chi connectivity index (χ2v) is 8.27. The molecular formula is C16H24O3S. The lowest BCUT2D eigenvalue weighted by Crippen LogP contribution is -2.32. The Morgan fingerprint density at radius 2 is 2.10 bits per heavy atom. The quantitative estimate of drug-likeness (QED) is 0.857. The Balaban J connectivity index is 2.22. The fourth-order valence-electron chi connectivity index (χ4n) is 2.54. The number of rotatable bonds is 4. The van der Waals surface area contributed by atoms with Crippen LogP contribution < -0.4 is 0 Å². The second-order valence-electron chi connectivity index (χ2n) is 5.99. The van der Waals surface area contributed by atoms with Crippen LogP contribution in [0.2, 0.25) is 0 Å². The molecule has 0 amide bonds. The molecule has 1 saturated heterocycles. The van der Waals surface area contributed by atoms with Crippen molar-refractivity contribution in [2.45, 2.75) is 50.5 Å². The molecule has 1 aromatic rings. The number of sulfone groups is 1. The van der Waals surface area contributed by atoms with Crippen LogP contribution in [0.5, 0.6) is 0 Å². The number of ether oxygens (including phenoxy) is 1. The van der Waals surface area contributed by atoms with Gasteiger partial charge in [0.2, 0.25) is 0 Å². The predicted octanol–water partition coefficient (Wildman–Crippen LogP) is 3.21. The van der Waals surface area contributed by atoms with Gasteiger partial charge in [-0.2, -0.15) is 0 Å². The van der Waals surface area contributed by atoms with E-state index in [1.807, 2.05) is 19.1 Å². The van der Waals surface area contributed by atoms with E-state index < -0.39 is 9.84 Å². The molecule has 0 spiro atoms. The maximum Gasteiger partial charge on any atom is 0.159 e. The zero-order valence-electron chi connectivity index (χ0n) is 12.6. The molecule has 20 heavy (non-hydrogen) atoms. The Kier molecular flexibility index (Phi) is 4.86. The van der Waals surface area contributed by atoms with E-state index in [0.29, 0.717) is 19.1 Å². The SMILES string of the molecule is Cc1ccc(C(C)C)cc1CS(=O)(=O)C1CCCOC1. The van der Waals surface area contributed by atoms with Crippen molar-refractivity contribution in [3.63, 3.8) is 0 Å². The highest BCUT2D eigenvalue weighted by Crippen LogP contribution is 2.24. The third-order valence-electron chi connectivity index (χ3n) is 4.02. The summed E-state index contributed by atoms with van der Waals surface area (Å²) in [7, 11) is -3.13. The van der Waals surface area contributed by atoms with Crippen LogP contribution in [-0.2, 0) is 20.3 Å². The molecule has 2 rings (SSSR count). The molecule has 0 aliphatic carbocycles. The molecule has 1 fully saturated rings. The summed E-state index contributed by atoms with van der Waals surface area (Å²) < 4.78 is 30.3. The van der Waals surface area contributed by atoms with E-state index in [4.69, 9.17) is 4.74 Å². The lowest BCUT2D eigenvalue weighted by atomic mass is 9.99. The molecule has 1 unspecified atom stereocenters. The van der Waals surface area contributed by atoms with E-state index >= 15 is 0 Å². The summed E-state index contributed by atoms with van der Waals surface area (Å²) in [5.41, 5.74) is 3.18. The van der Waals surface area contributed by atoms with Crippen LogP contribution in [0.15, 0.2) is 18.2 Å². The zero-order chi connectivity index (χ0) is 14.8. The Morgan fingerprint density at radius 3 is 2.70 bits per heavy atom. The minimum Gasteiger partial charge on any atom is -0.380 e. The molecule has 0 aromatic heterocycles. The first-order chi connectivity index (χ1) is 9.40. The van der Waals surface area contributed by atoms with Gasteiger partial charge in [0.15, 0.2) is 9.84 Å². The van der Waals surface area contributed by atoms with Crippen LogP contribution in [0.1, 0.15) is 49.3 Å². The van der Waals surface area contributed by atoms with Gasteiger partial charge in [0, 0.05) is 6.61 Å². The van der Waals surface area contributed by atoms with E-state index in [1.54, 1.807) is 0 Å². The van der Waals surface area contributed by atoms with Gasteiger partial charge in [-0.1, -0.05) is 32.0 Å². The minimum atomic E-state index is -3.13. The first-order valence-electron chi connectivity index (χ1n) is 7.29. The van der Waals surface area contributed by atoms with E-state index in [0.717, 1.165) is 24.0 Å². The van der Waals surface area contributed by atoms with Crippen molar-refractivity contribution in [3.8, 4) is 0 Å². The van der Waals surface area contributed by atoms with E-state index in [-0.39, 0.29) is 11.0 Å². The largest absolute Gasteiger partial charge is 0.380 e. The summed E-state index contributed by atoms with van der Waals surface area (Å²) in [5, 5.41) is -0.335. The molecule has 1 aliphatic rings. The number of hydrogen-bond acceptors (Lipinski definition) is 3. The monoisotopic (exact) mass is 296 g/mol. The van der Waals surface area contributed by atoms with E-state index in [2.05, 4.69) is 19.9 Å². The summed E-state index contributed by atoms with van der Waals surface area (Å²) in [4.78, 5) is 0. The average molecular weight is 296 g/mol. The third-order valence-corrected chi connectivity index (χ3v) is 6.12. The zero-order valence-corrected chi connectivity index (χ0v) is 13.4. The highest BCUT2D eigenvalue weighted by Gasteiger charge is 2.28. The molecule has 0 saturated carbocycles. The van der Waals surface area contributed by atoms with Crippen molar-refractivity contribution in [1.29, 1.82) is 0 Å². The fraction of sp³-hybridized carbons (Fsp3) is 0.625. The molecule has 1 heterocycles. The smallest absolute Gasteiger partial charge is 0.159 e. The standard InChI is InChI=1S/C16H24O3S/c1-12(2)14-7-6-13(3)15(9-14)11-20(17,18)16-5-4-8-19-10-16/h6-7,9,12,16H,4-5,8,10-11H2,1-3H3. The van der Waals surface area contributed by atoms with Gasteiger partial charge in [-0.3, -0.25) is 0 Å². The Labute approximate surface area is 122 Å². The number of aryl methyl sites for hydroxylation is 1. The van der Waals surface area contributed by atoms with Gasteiger partial charge in [0.25, 0.3) is 0 Å². The molecular weight excluding hydrogens is 272 g/mol. The summed E-state index contributed by atoms with van der Waals surface area (Å²) >= 11 is 0. The van der Waals surface area contributed by atoms with Gasteiger partial charge in [-0.15, -0.1) is 0 Å². The highest BCUT2D eigenvalue weighted by molar-refractivity contribution is 7.91. The normalized spacial score (nSPS) is 20.3. The lowest BCUT2D eigenvalue weighted by molar-refractivity contribution is 0.0991. The average Bonchev–Trinajstić information content (AvgIpc) is 2.42. The maximum atomic E-state index is 12.5. The first-order valence-corrected chi connectivity index (χ1v) is 9.00. The molecule has 1 aromatic carbocycles. The van der Waals surface area contributed by atoms with Crippen LogP contribution in [0.25, 0.3) is 0 Å². The molecule has 0 N–H and O–H groups in total. The molecule has 1 atom stereocenters. The summed E-state index contributed by atoms with van der Waals surface area (Å²) in [5.74, 6) is 0.544. The van der Waals surface area contributed by atoms with Crippen molar-refractivity contribution < 1.29 is 13.2 Å². The van der Waals surface area contributed by atoms with Crippen molar-refractivity contribution in [2.24, 2.45) is 0 Å². The fourth-order valence-corrected chi connectivity index (χ4v) is 4.34. The Hall–Kier alpha value is -0.870. The highest BCUT2D eigenvalue weighted by atomic mass is 32.2. The van der Waals surface area contributed by atoms with Gasteiger partial charge in [-0.25, -0.2) is 8.42 Å². The summed E-state index contributed by atoms with van der Waals surface area (Å²) in [6.45, 7) is 7.27. The molecule has 1 aliphatic heterocycles. The minimum absolute atomic E-state index is 0.132. The first kappa shape index (κ1) is 15.5. The summed E-state index contributed by atoms with van der Waals surface area (Å²) in [6, 6.07) is 6.15. The van der Waals surface area contributed by atoms with Crippen molar-refractivity contribution >= 4 is 9.84 Å². The van der Waals surface area contributed by atoms with Crippen LogP contribution in [0.3, 0.4) is 0 Å². The van der Waals surface area contributed by atoms with Gasteiger partial charge in [0.1, 0.15) is 0 Å². The van der Waals surface area contributed by atoms with Gasteiger partial charge in [0.05, 0.1) is 17.6 Å². The second kappa shape index (κ2) is 6.27. The topological polar surface area (TPSA) is 43.4 Å². The Morgan fingerprint density at radius 1 is 1.35 bits per heavy atom. The van der Waals surface area contributed by atoms with Crippen molar-refractivity contribution in [2.75, 3.05) is 13.2 Å². The van der Waals surface area contributed by atoms with Gasteiger partial charge in [-0.05, 0) is 42.4 Å². The van der Waals surface area contributed by atoms with E-state index in [1.165, 1.54) is 5.56 Å². The Bertz CT molecular complexity index is 555. The molecule has 112 valence electrons. The molecule has 0 radical (unpaired) electrons. The maximum absolute atomic E-state index is 12.5. The molecule has 4 heteroatoms. The van der Waals surface area contributed by atoms with Crippen LogP contribution in [0, 0.1) is 6.92 Å². The van der Waals surface area contributed by atoms with Gasteiger partial charge < -0.3 is 4.74 Å². The van der Waals surface area contributed by atoms with E-state index in [9.17, 15) is 8.42 Å². The molecule has 0 bridgehead atoms. The lowest BCUT2D eigenvalue weighted by Gasteiger charge is -2.22. The van der Waals surface area contributed by atoms with Crippen LogP contribution in [-0.4, -0.2) is 26.9 Å². The van der Waals surface area contributed by atoms with Crippen molar-refractivity contribution in [3.05, 3.63) is 34.9 Å². The van der Waals surface area contributed by atoms with Crippen LogP contribution >= 0.6 is 0 Å². The molecule has 3 nitrogen and oxygen atoms in total. The number of benzene rings is 1. The third kappa shape index (κ3) is 3.61. The number of hydrogen-bond donors (Lipinski definition) is 0. The van der Waals surface area contributed by atoms with Crippen LogP contribution in [0.4, 0.5) is 0 Å². The van der Waals surface area contributed by atoms with Crippen molar-refractivity contribution in [1.82, 2.24) is 0 Å².